The van der Waals surface area contributed by atoms with Gasteiger partial charge in [0.25, 0.3) is 0 Å². The number of nitrogens with one attached hydrogen (secondary N) is 1. The van der Waals surface area contributed by atoms with Crippen LogP contribution in [0, 0.1) is 0 Å². The summed E-state index contributed by atoms with van der Waals surface area (Å²) in [5, 5.41) is 6.12. The maximum Gasteiger partial charge on any atom is 0.338 e. The molecule has 1 N–H and O–H groups in total. The van der Waals surface area contributed by atoms with Crippen molar-refractivity contribution in [3.63, 3.8) is 0 Å². The van der Waals surface area contributed by atoms with Crippen LogP contribution in [0.3, 0.4) is 0 Å². The monoisotopic (exact) mass is 570 g/mol. The van der Waals surface area contributed by atoms with E-state index in [1.165, 1.54) is 26.1 Å². The number of hydrogen-bond acceptors (Lipinski definition) is 5. The molecule has 0 amide bonds. The Morgan fingerprint density at radius 2 is 1.73 bits per heavy atom. The van der Waals surface area contributed by atoms with E-state index in [1.807, 2.05) is 56.4 Å². The van der Waals surface area contributed by atoms with Crippen molar-refractivity contribution in [2.75, 3.05) is 19.6 Å². The summed E-state index contributed by atoms with van der Waals surface area (Å²) in [6.07, 6.45) is 2.16. The summed E-state index contributed by atoms with van der Waals surface area (Å²) in [6, 6.07) is 27.5. The lowest BCUT2D eigenvalue weighted by Crippen LogP contribution is -2.47. The van der Waals surface area contributed by atoms with Gasteiger partial charge >= 0.3 is 5.97 Å². The predicted molar refractivity (Wildman–Crippen MR) is 166 cm³/mol. The van der Waals surface area contributed by atoms with Gasteiger partial charge in [-0.2, -0.15) is 0 Å². The Hall–Kier alpha value is -3.06. The van der Waals surface area contributed by atoms with Gasteiger partial charge in [0, 0.05) is 47.9 Å². The smallest absolute Gasteiger partial charge is 0.338 e. The Bertz CT molecular complexity index is 1510. The highest BCUT2D eigenvalue weighted by Crippen LogP contribution is 2.46. The number of thiophene rings is 1. The van der Waals surface area contributed by atoms with Crippen LogP contribution in [0.2, 0.25) is 0 Å². The molecule has 2 fully saturated rings. The van der Waals surface area contributed by atoms with Crippen molar-refractivity contribution in [1.82, 2.24) is 10.2 Å². The van der Waals surface area contributed by atoms with E-state index in [9.17, 15) is 4.79 Å². The fourth-order valence-electron chi connectivity index (χ4n) is 5.82. The van der Waals surface area contributed by atoms with Crippen LogP contribution in [0.15, 0.2) is 78.9 Å². The molecule has 6 rings (SSSR count). The summed E-state index contributed by atoms with van der Waals surface area (Å²) in [5.41, 5.74) is 1.30. The maximum atomic E-state index is 15.7. The van der Waals surface area contributed by atoms with Gasteiger partial charge in [-0.3, -0.25) is 4.90 Å². The fourth-order valence-corrected chi connectivity index (χ4v) is 7.04. The van der Waals surface area contributed by atoms with Gasteiger partial charge in [-0.15, -0.1) is 11.3 Å². The highest BCUT2D eigenvalue weighted by Gasteiger charge is 2.42. The van der Waals surface area contributed by atoms with Crippen molar-refractivity contribution >= 4 is 28.1 Å². The van der Waals surface area contributed by atoms with E-state index in [1.54, 1.807) is 0 Å². The Morgan fingerprint density at radius 3 is 2.49 bits per heavy atom. The van der Waals surface area contributed by atoms with Gasteiger partial charge in [0.05, 0.1) is 5.56 Å². The summed E-state index contributed by atoms with van der Waals surface area (Å²) in [4.78, 5) is 17.3. The topological polar surface area (TPSA) is 41.6 Å². The van der Waals surface area contributed by atoms with Crippen LogP contribution in [0.4, 0.5) is 4.39 Å². The van der Waals surface area contributed by atoms with E-state index < -0.39 is 11.3 Å². The van der Waals surface area contributed by atoms with E-state index in [2.05, 4.69) is 64.8 Å². The third-order valence-electron chi connectivity index (χ3n) is 8.27. The van der Waals surface area contributed by atoms with Gasteiger partial charge < -0.3 is 10.1 Å². The molecule has 3 aromatic carbocycles. The first-order valence-electron chi connectivity index (χ1n) is 14.7. The normalized spacial score (nSPS) is 20.7. The van der Waals surface area contributed by atoms with Crippen molar-refractivity contribution in [3.05, 3.63) is 94.9 Å². The number of rotatable bonds is 8. The Morgan fingerprint density at radius 1 is 1.00 bits per heavy atom. The van der Waals surface area contributed by atoms with Crippen molar-refractivity contribution in [3.8, 4) is 10.4 Å². The minimum Gasteiger partial charge on any atom is -0.456 e. The summed E-state index contributed by atoms with van der Waals surface area (Å²) in [6.45, 7) is 8.26. The number of hydrogen-bond donors (Lipinski definition) is 1. The molecule has 41 heavy (non-hydrogen) atoms. The number of carbonyl (C=O) groups excluding carboxylic acids is 1. The molecule has 2 aliphatic rings. The summed E-state index contributed by atoms with van der Waals surface area (Å²) >= 11 is 1.88. The molecular weight excluding hydrogens is 531 g/mol. The molecule has 4 nitrogen and oxygen atoms in total. The highest BCUT2D eigenvalue weighted by molar-refractivity contribution is 7.15. The molecule has 2 unspecified atom stereocenters. The second-order valence-electron chi connectivity index (χ2n) is 12.7. The molecule has 2 heterocycles. The molecule has 0 bridgehead atoms. The minimum atomic E-state index is -1.16. The average Bonchev–Trinajstić information content (AvgIpc) is 3.57. The lowest BCUT2D eigenvalue weighted by atomic mass is 9.93. The van der Waals surface area contributed by atoms with Crippen molar-refractivity contribution in [2.45, 2.75) is 69.8 Å². The second kappa shape index (κ2) is 11.3. The zero-order chi connectivity index (χ0) is 28.6. The van der Waals surface area contributed by atoms with Crippen LogP contribution in [0.5, 0.6) is 0 Å². The van der Waals surface area contributed by atoms with E-state index in [4.69, 9.17) is 4.74 Å². The SMILES string of the molecule is CC(C)(C)OC(=O)c1ccc(CN2CCC(F)(CNC3CC3c3ccc(-c4cccc5ccccc45)s3)CC2)cc1. The van der Waals surface area contributed by atoms with Crippen molar-refractivity contribution < 1.29 is 13.9 Å². The standard InChI is InChI=1S/C35H39FN2O2S/c1-34(2,3)40-33(39)26-13-11-24(12-14-26)22-38-19-17-35(36,18-20-38)23-37-30-21-29(30)32-16-15-31(41-32)28-10-6-8-25-7-4-5-9-27(25)28/h4-16,29-30,37H,17-23H2,1-3H3. The molecule has 214 valence electrons. The van der Waals surface area contributed by atoms with Gasteiger partial charge in [-0.05, 0) is 86.2 Å². The largest absolute Gasteiger partial charge is 0.456 e. The number of alkyl halides is 1. The van der Waals surface area contributed by atoms with Crippen LogP contribution < -0.4 is 5.32 Å². The molecule has 1 aliphatic carbocycles. The van der Waals surface area contributed by atoms with E-state index in [-0.39, 0.29) is 5.97 Å². The van der Waals surface area contributed by atoms with Crippen molar-refractivity contribution in [1.29, 1.82) is 0 Å². The number of piperidine rings is 1. The highest BCUT2D eigenvalue weighted by atomic mass is 32.1. The minimum absolute atomic E-state index is 0.307. The van der Waals surface area contributed by atoms with Crippen LogP contribution in [0.1, 0.15) is 66.8 Å². The van der Waals surface area contributed by atoms with Crippen LogP contribution in [-0.4, -0.2) is 47.8 Å². The lowest BCUT2D eigenvalue weighted by Gasteiger charge is -2.36. The molecule has 2 atom stereocenters. The zero-order valence-electron chi connectivity index (χ0n) is 24.2. The number of likely N-dealkylation sites (tertiary alicyclic amines) is 1. The molecule has 1 aliphatic heterocycles. The maximum absolute atomic E-state index is 15.7. The van der Waals surface area contributed by atoms with Crippen LogP contribution >= 0.6 is 11.3 Å². The Labute approximate surface area is 246 Å². The van der Waals surface area contributed by atoms with Gasteiger partial charge in [0.1, 0.15) is 11.3 Å². The first-order valence-corrected chi connectivity index (χ1v) is 15.5. The third-order valence-corrected chi connectivity index (χ3v) is 9.52. The summed E-state index contributed by atoms with van der Waals surface area (Å²) in [7, 11) is 0. The summed E-state index contributed by atoms with van der Waals surface area (Å²) in [5.74, 6) is 0.176. The number of nitrogens with zero attached hydrogens (tertiary/aromatic N) is 1. The molecule has 1 saturated heterocycles. The third kappa shape index (κ3) is 6.72. The molecule has 4 aromatic rings. The number of carbonyl (C=O) groups is 1. The Balaban J connectivity index is 0.970. The lowest BCUT2D eigenvalue weighted by molar-refractivity contribution is 0.00693. The van der Waals surface area contributed by atoms with Gasteiger partial charge in [0.2, 0.25) is 0 Å². The van der Waals surface area contributed by atoms with Crippen molar-refractivity contribution in [2.24, 2.45) is 0 Å². The first-order chi connectivity index (χ1) is 19.7. The number of benzene rings is 3. The predicted octanol–water partition coefficient (Wildman–Crippen LogP) is 7.97. The molecule has 6 heteroatoms. The number of fused-ring (bicyclic) bond motifs is 1. The van der Waals surface area contributed by atoms with Crippen LogP contribution in [-0.2, 0) is 11.3 Å². The number of halogens is 1. The molecule has 0 spiro atoms. The van der Waals surface area contributed by atoms with Gasteiger partial charge in [-0.25, -0.2) is 9.18 Å². The zero-order valence-corrected chi connectivity index (χ0v) is 25.0. The molecule has 1 saturated carbocycles. The van der Waals surface area contributed by atoms with Crippen LogP contribution in [0.25, 0.3) is 21.2 Å². The van der Waals surface area contributed by atoms with E-state index in [0.717, 1.165) is 31.6 Å². The number of esters is 1. The van der Waals surface area contributed by atoms with Gasteiger partial charge in [-0.1, -0.05) is 54.6 Å². The molecule has 1 aromatic heterocycles. The Kier molecular flexibility index (Phi) is 7.75. The summed E-state index contributed by atoms with van der Waals surface area (Å²) < 4.78 is 21.2. The number of ether oxygens (including phenoxy) is 1. The van der Waals surface area contributed by atoms with Gasteiger partial charge in [0.15, 0.2) is 0 Å². The van der Waals surface area contributed by atoms with E-state index in [0.29, 0.717) is 36.9 Å². The fraction of sp³-hybridized carbons (Fsp3) is 0.400. The molecular formula is C35H39FN2O2S. The quantitative estimate of drug-likeness (QED) is 0.218. The first kappa shape index (κ1) is 28.1. The average molecular weight is 571 g/mol. The molecule has 0 radical (unpaired) electrons. The second-order valence-corrected chi connectivity index (χ2v) is 13.8. The van der Waals surface area contributed by atoms with E-state index >= 15 is 4.39 Å².